The second kappa shape index (κ2) is 4.13. The summed E-state index contributed by atoms with van der Waals surface area (Å²) >= 11 is 0. The lowest BCUT2D eigenvalue weighted by Gasteiger charge is -2.22. The Morgan fingerprint density at radius 3 is 2.33 bits per heavy atom. The first kappa shape index (κ1) is 9.25. The van der Waals surface area contributed by atoms with Gasteiger partial charge in [0.15, 0.2) is 0 Å². The predicted molar refractivity (Wildman–Crippen MR) is 42.9 cm³/mol. The Morgan fingerprint density at radius 1 is 1.33 bits per heavy atom. The Labute approximate surface area is 63.4 Å². The monoisotopic (exact) mass is 149 g/mol. The largest absolute Gasteiger partial charge is 0.328 e. The molecule has 1 aliphatic carbocycles. The maximum absolute atomic E-state index is 5.73. The molecule has 1 nitrogen and oxygen atoms in total. The zero-order valence-electron chi connectivity index (χ0n) is 5.97. The Balaban J connectivity index is 0.000000640. The highest BCUT2D eigenvalue weighted by molar-refractivity contribution is 5.85. The van der Waals surface area contributed by atoms with Crippen LogP contribution in [0.4, 0.5) is 0 Å². The summed E-state index contributed by atoms with van der Waals surface area (Å²) in [5.74, 6) is 0.888. The fourth-order valence-electron chi connectivity index (χ4n) is 1.48. The van der Waals surface area contributed by atoms with E-state index in [1.165, 1.54) is 25.7 Å². The lowest BCUT2D eigenvalue weighted by molar-refractivity contribution is 0.344. The maximum atomic E-state index is 5.73. The van der Waals surface area contributed by atoms with Crippen molar-refractivity contribution in [1.29, 1.82) is 0 Å². The predicted octanol–water partition coefficient (Wildman–Crippen LogP) is 1.95. The van der Waals surface area contributed by atoms with Gasteiger partial charge in [0.1, 0.15) is 0 Å². The van der Waals surface area contributed by atoms with Crippen molar-refractivity contribution in [1.82, 2.24) is 0 Å². The van der Waals surface area contributed by atoms with Gasteiger partial charge in [0, 0.05) is 6.04 Å². The van der Waals surface area contributed by atoms with Gasteiger partial charge in [0.25, 0.3) is 0 Å². The highest BCUT2D eigenvalue weighted by Gasteiger charge is 2.13. The summed E-state index contributed by atoms with van der Waals surface area (Å²) in [6.07, 6.45) is 5.25. The van der Waals surface area contributed by atoms with Gasteiger partial charge in [-0.25, -0.2) is 0 Å². The fraction of sp³-hybridized carbons (Fsp3) is 1.00. The molecule has 0 aromatic carbocycles. The van der Waals surface area contributed by atoms with Gasteiger partial charge in [-0.15, -0.1) is 12.4 Å². The van der Waals surface area contributed by atoms with Crippen molar-refractivity contribution in [2.75, 3.05) is 0 Å². The summed E-state index contributed by atoms with van der Waals surface area (Å²) in [6.45, 7) is 2.29. The molecule has 0 amide bonds. The van der Waals surface area contributed by atoms with E-state index in [1.807, 2.05) is 0 Å². The minimum Gasteiger partial charge on any atom is -0.328 e. The van der Waals surface area contributed by atoms with Crippen LogP contribution in [0.2, 0.25) is 0 Å². The van der Waals surface area contributed by atoms with Gasteiger partial charge in [-0.05, 0) is 18.8 Å². The molecule has 0 aromatic heterocycles. The van der Waals surface area contributed by atoms with E-state index in [1.54, 1.807) is 0 Å². The van der Waals surface area contributed by atoms with Gasteiger partial charge in [0.05, 0.1) is 0 Å². The number of halogens is 1. The summed E-state index contributed by atoms with van der Waals surface area (Å²) < 4.78 is 0. The molecule has 0 saturated heterocycles. The first-order valence-corrected chi connectivity index (χ1v) is 3.54. The second-order valence-corrected chi connectivity index (χ2v) is 3.03. The number of nitrogens with two attached hydrogens (primary N) is 1. The molecule has 56 valence electrons. The van der Waals surface area contributed by atoms with E-state index < -0.39 is 0 Å². The molecular weight excluding hydrogens is 134 g/mol. The van der Waals surface area contributed by atoms with E-state index in [-0.39, 0.29) is 12.4 Å². The minimum absolute atomic E-state index is 0. The van der Waals surface area contributed by atoms with Crippen LogP contribution in [0, 0.1) is 5.92 Å². The molecule has 0 aliphatic heterocycles. The van der Waals surface area contributed by atoms with Crippen LogP contribution in [0.5, 0.6) is 0 Å². The molecule has 0 heterocycles. The molecule has 0 unspecified atom stereocenters. The summed E-state index contributed by atoms with van der Waals surface area (Å²) in [5, 5.41) is 0. The summed E-state index contributed by atoms with van der Waals surface area (Å²) in [4.78, 5) is 0. The molecule has 2 N–H and O–H groups in total. The first-order valence-electron chi connectivity index (χ1n) is 3.54. The molecule has 1 aliphatic rings. The van der Waals surface area contributed by atoms with E-state index in [4.69, 9.17) is 5.73 Å². The lowest BCUT2D eigenvalue weighted by Crippen LogP contribution is -2.26. The van der Waals surface area contributed by atoms with Crippen LogP contribution in [0.15, 0.2) is 0 Å². The van der Waals surface area contributed by atoms with E-state index >= 15 is 0 Å². The third-order valence-electron chi connectivity index (χ3n) is 1.98. The Kier molecular flexibility index (Phi) is 4.24. The van der Waals surface area contributed by atoms with Crippen LogP contribution in [-0.2, 0) is 0 Å². The average Bonchev–Trinajstić information content (AvgIpc) is 1.64. The van der Waals surface area contributed by atoms with Crippen molar-refractivity contribution in [2.45, 2.75) is 38.6 Å². The molecule has 2 atom stereocenters. The normalized spacial score (nSPS) is 35.3. The molecule has 1 fully saturated rings. The number of hydrogen-bond donors (Lipinski definition) is 1. The molecule has 1 saturated carbocycles. The van der Waals surface area contributed by atoms with Crippen molar-refractivity contribution in [2.24, 2.45) is 11.7 Å². The van der Waals surface area contributed by atoms with Crippen molar-refractivity contribution in [3.8, 4) is 0 Å². The molecule has 0 radical (unpaired) electrons. The van der Waals surface area contributed by atoms with Crippen LogP contribution >= 0.6 is 12.4 Å². The molecular formula is C7H16ClN. The second-order valence-electron chi connectivity index (χ2n) is 3.03. The van der Waals surface area contributed by atoms with Gasteiger partial charge in [-0.2, -0.15) is 0 Å². The summed E-state index contributed by atoms with van der Waals surface area (Å²) in [7, 11) is 0. The van der Waals surface area contributed by atoms with Gasteiger partial charge in [-0.1, -0.05) is 19.8 Å². The van der Waals surface area contributed by atoms with Crippen LogP contribution in [0.25, 0.3) is 0 Å². The number of rotatable bonds is 0. The van der Waals surface area contributed by atoms with E-state index in [9.17, 15) is 0 Å². The number of hydrogen-bond acceptors (Lipinski definition) is 1. The summed E-state index contributed by atoms with van der Waals surface area (Å²) in [5.41, 5.74) is 5.73. The van der Waals surface area contributed by atoms with Crippen molar-refractivity contribution >= 4 is 12.4 Å². The molecule has 0 aromatic rings. The fourth-order valence-corrected chi connectivity index (χ4v) is 1.48. The topological polar surface area (TPSA) is 26.0 Å². The first-order chi connectivity index (χ1) is 3.79. The van der Waals surface area contributed by atoms with Gasteiger partial charge in [-0.3, -0.25) is 0 Å². The molecule has 2 heteroatoms. The van der Waals surface area contributed by atoms with Crippen molar-refractivity contribution < 1.29 is 0 Å². The Bertz CT molecular complexity index is 67.3. The smallest absolute Gasteiger partial charge is 0.00413 e. The standard InChI is InChI=1S/C7H15N.ClH/c1-6-3-2-4-7(8)5-6;/h6-7H,2-5,8H2,1H3;1H/t6-,7+;/m0./s1. The van der Waals surface area contributed by atoms with E-state index in [0.29, 0.717) is 6.04 Å². The van der Waals surface area contributed by atoms with Crippen LogP contribution in [0.1, 0.15) is 32.6 Å². The van der Waals surface area contributed by atoms with Crippen molar-refractivity contribution in [3.05, 3.63) is 0 Å². The molecule has 0 spiro atoms. The minimum atomic E-state index is 0. The third kappa shape index (κ3) is 3.07. The Morgan fingerprint density at radius 2 is 2.00 bits per heavy atom. The highest BCUT2D eigenvalue weighted by atomic mass is 35.5. The molecule has 1 rings (SSSR count). The van der Waals surface area contributed by atoms with E-state index in [0.717, 1.165) is 5.92 Å². The average molecular weight is 150 g/mol. The van der Waals surface area contributed by atoms with Gasteiger partial charge < -0.3 is 5.73 Å². The lowest BCUT2D eigenvalue weighted by atomic mass is 9.88. The van der Waals surface area contributed by atoms with Crippen LogP contribution in [0.3, 0.4) is 0 Å². The zero-order chi connectivity index (χ0) is 5.98. The third-order valence-corrected chi connectivity index (χ3v) is 1.98. The highest BCUT2D eigenvalue weighted by Crippen LogP contribution is 2.21. The van der Waals surface area contributed by atoms with Crippen LogP contribution in [-0.4, -0.2) is 6.04 Å². The van der Waals surface area contributed by atoms with Gasteiger partial charge in [0.2, 0.25) is 0 Å². The van der Waals surface area contributed by atoms with Crippen LogP contribution < -0.4 is 5.73 Å². The Hall–Kier alpha value is 0.250. The maximum Gasteiger partial charge on any atom is 0.00413 e. The van der Waals surface area contributed by atoms with Crippen molar-refractivity contribution in [3.63, 3.8) is 0 Å². The van der Waals surface area contributed by atoms with E-state index in [2.05, 4.69) is 6.92 Å². The molecule has 9 heavy (non-hydrogen) atoms. The summed E-state index contributed by atoms with van der Waals surface area (Å²) in [6, 6.07) is 0.513. The zero-order valence-corrected chi connectivity index (χ0v) is 6.79. The molecule has 0 bridgehead atoms. The SMILES string of the molecule is C[C@H]1CCC[C@@H](N)C1.Cl. The quantitative estimate of drug-likeness (QED) is 0.560. The van der Waals surface area contributed by atoms with Gasteiger partial charge >= 0.3 is 0 Å².